The Morgan fingerprint density at radius 3 is 0.882 bits per heavy atom. The van der Waals surface area contributed by atoms with Crippen molar-refractivity contribution in [1.82, 2.24) is 0 Å². The number of hydrogen-bond acceptors (Lipinski definition) is 1. The average Bonchev–Trinajstić information content (AvgIpc) is 3.41. The number of hydrogen-bond donors (Lipinski definition) is 0. The monoisotopic (exact) mass is 879 g/mol. The van der Waals surface area contributed by atoms with Crippen LogP contribution in [0.3, 0.4) is 0 Å². The zero-order chi connectivity index (χ0) is 47.6. The second kappa shape index (κ2) is 21.5. The number of nitrogens with zero attached hydrogens (tertiary/aromatic N) is 1. The standard InChI is InChI=1S/C67H61N/c1-9-11-18-53(10-2)47(3)48(4)56-23-29-59(30-24-56)62-35-41-65(42-36-62)68(66-43-37-63(38-44-66)60-31-25-57(26-32-60)51(7)49(5)54-19-14-12-15-20-54)67-45-39-64(40-46-67)61-33-27-58(28-34-61)52(8)50(6)55-21-16-13-17-22-55/h9-46H,2H2,1,3-8H3/b11-9-,48-47+,51-49+,52-50+,53-18+. The van der Waals surface area contributed by atoms with Gasteiger partial charge in [-0.3, -0.25) is 0 Å². The van der Waals surface area contributed by atoms with Crippen LogP contribution in [0.5, 0.6) is 0 Å². The molecule has 0 unspecified atom stereocenters. The molecule has 0 aliphatic rings. The maximum Gasteiger partial charge on any atom is 0.0462 e. The van der Waals surface area contributed by atoms with E-state index in [4.69, 9.17) is 0 Å². The van der Waals surface area contributed by atoms with Gasteiger partial charge in [-0.2, -0.15) is 0 Å². The van der Waals surface area contributed by atoms with Gasteiger partial charge in [-0.05, 0) is 185 Å². The molecule has 0 aliphatic carbocycles. The fraction of sp³-hybridized carbons (Fsp3) is 0.104. The number of rotatable bonds is 14. The predicted molar refractivity (Wildman–Crippen MR) is 298 cm³/mol. The van der Waals surface area contributed by atoms with Gasteiger partial charge in [0.1, 0.15) is 0 Å². The van der Waals surface area contributed by atoms with Crippen molar-refractivity contribution in [3.8, 4) is 33.4 Å². The summed E-state index contributed by atoms with van der Waals surface area (Å²) in [6.45, 7) is 19.3. The van der Waals surface area contributed by atoms with Crippen LogP contribution >= 0.6 is 0 Å². The summed E-state index contributed by atoms with van der Waals surface area (Å²) >= 11 is 0. The maximum absolute atomic E-state index is 4.05. The summed E-state index contributed by atoms with van der Waals surface area (Å²) in [6, 6.07) is 74.9. The zero-order valence-corrected chi connectivity index (χ0v) is 40.6. The van der Waals surface area contributed by atoms with E-state index in [0.29, 0.717) is 0 Å². The van der Waals surface area contributed by atoms with Crippen LogP contribution in [0.4, 0.5) is 17.1 Å². The van der Waals surface area contributed by atoms with E-state index in [9.17, 15) is 0 Å². The van der Waals surface area contributed by atoms with Crippen LogP contribution in [0, 0.1) is 0 Å². The Labute approximate surface area is 405 Å². The van der Waals surface area contributed by atoms with Crippen LogP contribution in [-0.2, 0) is 0 Å². The van der Waals surface area contributed by atoms with E-state index in [0.717, 1.165) is 22.6 Å². The second-order valence-corrected chi connectivity index (χ2v) is 17.5. The molecular weight excluding hydrogens is 819 g/mol. The first-order chi connectivity index (χ1) is 33.1. The van der Waals surface area contributed by atoms with Crippen molar-refractivity contribution in [2.24, 2.45) is 0 Å². The zero-order valence-electron chi connectivity index (χ0n) is 40.6. The van der Waals surface area contributed by atoms with Crippen molar-refractivity contribution in [3.63, 3.8) is 0 Å². The van der Waals surface area contributed by atoms with E-state index in [1.54, 1.807) is 0 Å². The van der Waals surface area contributed by atoms with Gasteiger partial charge in [-0.15, -0.1) is 0 Å². The maximum atomic E-state index is 4.05. The Bertz CT molecular complexity index is 2990. The molecule has 1 nitrogen and oxygen atoms in total. The molecule has 8 aromatic carbocycles. The van der Waals surface area contributed by atoms with Crippen LogP contribution in [0.1, 0.15) is 76.3 Å². The molecule has 8 aromatic rings. The van der Waals surface area contributed by atoms with Crippen molar-refractivity contribution in [2.45, 2.75) is 48.5 Å². The summed E-state index contributed by atoms with van der Waals surface area (Å²) in [6.07, 6.45) is 8.15. The van der Waals surface area contributed by atoms with Crippen LogP contribution in [0.15, 0.2) is 248 Å². The first-order valence-electron chi connectivity index (χ1n) is 23.7. The van der Waals surface area contributed by atoms with Gasteiger partial charge in [0.05, 0.1) is 0 Å². The first kappa shape index (κ1) is 46.5. The van der Waals surface area contributed by atoms with Gasteiger partial charge >= 0.3 is 0 Å². The van der Waals surface area contributed by atoms with Gasteiger partial charge < -0.3 is 4.90 Å². The summed E-state index contributed by atoms with van der Waals surface area (Å²) in [5, 5.41) is 0. The van der Waals surface area contributed by atoms with Crippen LogP contribution in [0.25, 0.3) is 61.2 Å². The third-order valence-electron chi connectivity index (χ3n) is 13.6. The molecule has 0 aromatic heterocycles. The molecule has 0 radical (unpaired) electrons. The highest BCUT2D eigenvalue weighted by atomic mass is 15.1. The minimum Gasteiger partial charge on any atom is -0.311 e. The quantitative estimate of drug-likeness (QED) is 0.0777. The highest BCUT2D eigenvalue weighted by molar-refractivity contribution is 5.91. The molecule has 0 N–H and O–H groups in total. The molecule has 334 valence electrons. The summed E-state index contributed by atoms with van der Waals surface area (Å²) in [7, 11) is 0. The van der Waals surface area contributed by atoms with Crippen molar-refractivity contribution in [2.75, 3.05) is 4.90 Å². The van der Waals surface area contributed by atoms with E-state index in [2.05, 4.69) is 271 Å². The molecule has 1 heteroatoms. The molecule has 8 rings (SSSR count). The third-order valence-corrected chi connectivity index (χ3v) is 13.6. The molecule has 0 atom stereocenters. The number of allylic oxidation sites excluding steroid dienone is 11. The molecule has 0 heterocycles. The number of benzene rings is 8. The molecule has 0 saturated heterocycles. The van der Waals surface area contributed by atoms with Gasteiger partial charge in [-0.25, -0.2) is 0 Å². The fourth-order valence-corrected chi connectivity index (χ4v) is 8.82. The Balaban J connectivity index is 1.08. The van der Waals surface area contributed by atoms with Gasteiger partial charge in [0.25, 0.3) is 0 Å². The fourth-order valence-electron chi connectivity index (χ4n) is 8.82. The summed E-state index contributed by atoms with van der Waals surface area (Å²) in [5.74, 6) is 0. The van der Waals surface area contributed by atoms with Crippen molar-refractivity contribution >= 4 is 44.9 Å². The van der Waals surface area contributed by atoms with Crippen LogP contribution in [0.2, 0.25) is 0 Å². The van der Waals surface area contributed by atoms with Gasteiger partial charge in [0.15, 0.2) is 0 Å². The lowest BCUT2D eigenvalue weighted by Crippen LogP contribution is -2.09. The van der Waals surface area contributed by atoms with Crippen LogP contribution in [-0.4, -0.2) is 0 Å². The summed E-state index contributed by atoms with van der Waals surface area (Å²) in [4.78, 5) is 2.35. The van der Waals surface area contributed by atoms with Crippen molar-refractivity contribution in [1.29, 1.82) is 0 Å². The molecule has 0 saturated carbocycles. The van der Waals surface area contributed by atoms with Gasteiger partial charge in [-0.1, -0.05) is 201 Å². The largest absolute Gasteiger partial charge is 0.311 e. The molecule has 0 aliphatic heterocycles. The molecule has 0 amide bonds. The molecule has 0 fully saturated rings. The normalized spacial score (nSPS) is 12.8. The molecule has 0 spiro atoms. The van der Waals surface area contributed by atoms with Crippen molar-refractivity contribution in [3.05, 3.63) is 276 Å². The van der Waals surface area contributed by atoms with Crippen molar-refractivity contribution < 1.29 is 0 Å². The first-order valence-corrected chi connectivity index (χ1v) is 23.7. The SMILES string of the molecule is C=CC(=C\C=C/C)/C(C)=C(\C)c1ccc(-c2ccc(N(c3ccc(-c4ccc(/C(C)=C(\C)c5ccccc5)cc4)cc3)c3ccc(-c4ccc(/C(C)=C(\C)c5ccccc5)cc4)cc3)cc2)cc1. The van der Waals surface area contributed by atoms with E-state index < -0.39 is 0 Å². The highest BCUT2D eigenvalue weighted by Gasteiger charge is 2.15. The van der Waals surface area contributed by atoms with E-state index in [-0.39, 0.29) is 0 Å². The van der Waals surface area contributed by atoms with Crippen LogP contribution < -0.4 is 4.90 Å². The predicted octanol–water partition coefficient (Wildman–Crippen LogP) is 19.5. The minimum absolute atomic E-state index is 1.09. The Morgan fingerprint density at radius 1 is 0.338 bits per heavy atom. The third kappa shape index (κ3) is 10.5. The van der Waals surface area contributed by atoms with Gasteiger partial charge in [0, 0.05) is 17.1 Å². The number of anilines is 3. The summed E-state index contributed by atoms with van der Waals surface area (Å²) < 4.78 is 0. The van der Waals surface area contributed by atoms with E-state index in [1.807, 2.05) is 19.1 Å². The van der Waals surface area contributed by atoms with Gasteiger partial charge in [0.2, 0.25) is 0 Å². The Hall–Kier alpha value is -8.00. The lowest BCUT2D eigenvalue weighted by atomic mass is 9.95. The Morgan fingerprint density at radius 2 is 0.603 bits per heavy atom. The molecule has 68 heavy (non-hydrogen) atoms. The molecule has 0 bridgehead atoms. The smallest absolute Gasteiger partial charge is 0.0462 e. The van der Waals surface area contributed by atoms with E-state index >= 15 is 0 Å². The van der Waals surface area contributed by atoms with E-state index in [1.165, 1.54) is 94.6 Å². The second-order valence-electron chi connectivity index (χ2n) is 17.5. The highest BCUT2D eigenvalue weighted by Crippen LogP contribution is 2.39. The summed E-state index contributed by atoms with van der Waals surface area (Å²) in [5.41, 5.74) is 25.3. The molecular formula is C67H61N. The minimum atomic E-state index is 1.09. The Kier molecular flexibility index (Phi) is 14.7. The lowest BCUT2D eigenvalue weighted by molar-refractivity contribution is 1.28. The lowest BCUT2D eigenvalue weighted by Gasteiger charge is -2.26. The average molecular weight is 880 g/mol. The topological polar surface area (TPSA) is 3.24 Å².